The lowest BCUT2D eigenvalue weighted by molar-refractivity contribution is -0.135. The van der Waals surface area contributed by atoms with Crippen LogP contribution in [-0.4, -0.2) is 28.3 Å². The molecule has 1 aromatic heterocycles. The number of hydrogen-bond donors (Lipinski definition) is 1. The fourth-order valence-corrected chi connectivity index (χ4v) is 2.84. The zero-order valence-electron chi connectivity index (χ0n) is 12.2. The van der Waals surface area contributed by atoms with Crippen LogP contribution in [0.3, 0.4) is 0 Å². The molecule has 1 aromatic carbocycles. The average molecular weight is 296 g/mol. The molecular formula is C17H16N2O3. The molecule has 0 spiro atoms. The Morgan fingerprint density at radius 3 is 2.64 bits per heavy atom. The van der Waals surface area contributed by atoms with Gasteiger partial charge in [-0.05, 0) is 25.1 Å². The van der Waals surface area contributed by atoms with Crippen LogP contribution < -0.4 is 4.90 Å². The van der Waals surface area contributed by atoms with Crippen molar-refractivity contribution in [1.29, 1.82) is 0 Å². The van der Waals surface area contributed by atoms with Crippen LogP contribution in [0.4, 0.5) is 5.69 Å². The van der Waals surface area contributed by atoms with Crippen molar-refractivity contribution in [3.8, 4) is 0 Å². The Labute approximate surface area is 128 Å². The first-order chi connectivity index (χ1) is 10.6. The number of ketones is 1. The third-order valence-electron chi connectivity index (χ3n) is 3.92. The molecule has 5 heteroatoms. The molecule has 0 aliphatic carbocycles. The van der Waals surface area contributed by atoms with Crippen LogP contribution in [0.25, 0.3) is 0 Å². The Hall–Kier alpha value is -2.53. The van der Waals surface area contributed by atoms with Gasteiger partial charge < -0.3 is 10.0 Å². The van der Waals surface area contributed by atoms with Crippen molar-refractivity contribution < 1.29 is 14.7 Å². The highest BCUT2D eigenvalue weighted by Gasteiger charge is 2.50. The monoisotopic (exact) mass is 296 g/mol. The van der Waals surface area contributed by atoms with E-state index in [9.17, 15) is 14.7 Å². The number of benzene rings is 1. The second-order valence-corrected chi connectivity index (χ2v) is 5.24. The number of carbonyl (C=O) groups excluding carboxylic acids is 2. The molecule has 2 heterocycles. The average Bonchev–Trinajstić information content (AvgIpc) is 2.76. The van der Waals surface area contributed by atoms with Gasteiger partial charge in [-0.25, -0.2) is 0 Å². The second kappa shape index (κ2) is 5.35. The highest BCUT2D eigenvalue weighted by molar-refractivity contribution is 6.10. The van der Waals surface area contributed by atoms with Crippen molar-refractivity contribution >= 4 is 17.4 Å². The van der Waals surface area contributed by atoms with Crippen molar-refractivity contribution in [2.75, 3.05) is 11.4 Å². The molecular weight excluding hydrogens is 280 g/mol. The molecule has 1 amide bonds. The van der Waals surface area contributed by atoms with Gasteiger partial charge in [0.25, 0.3) is 5.91 Å². The molecule has 1 atom stereocenters. The Kier molecular flexibility index (Phi) is 3.50. The quantitative estimate of drug-likeness (QED) is 0.875. The molecule has 0 bridgehead atoms. The number of carbonyl (C=O) groups is 2. The van der Waals surface area contributed by atoms with Crippen molar-refractivity contribution in [2.45, 2.75) is 18.9 Å². The first-order valence-electron chi connectivity index (χ1n) is 7.16. The highest BCUT2D eigenvalue weighted by Crippen LogP contribution is 2.42. The Morgan fingerprint density at radius 2 is 1.95 bits per heavy atom. The third-order valence-corrected chi connectivity index (χ3v) is 3.92. The van der Waals surface area contributed by atoms with E-state index in [1.54, 1.807) is 42.5 Å². The number of aliphatic hydroxyl groups is 1. The summed E-state index contributed by atoms with van der Waals surface area (Å²) in [4.78, 5) is 30.4. The number of nitrogens with zero attached hydrogens (tertiary/aromatic N) is 2. The molecule has 0 saturated heterocycles. The van der Waals surface area contributed by atoms with Crippen molar-refractivity contribution in [2.24, 2.45) is 0 Å². The van der Waals surface area contributed by atoms with Gasteiger partial charge >= 0.3 is 0 Å². The molecule has 0 fully saturated rings. The van der Waals surface area contributed by atoms with Crippen LogP contribution in [0.2, 0.25) is 0 Å². The van der Waals surface area contributed by atoms with E-state index in [0.717, 1.165) is 0 Å². The standard InChI is InChI=1S/C17H16N2O3/c1-2-19-14-9-4-3-7-12(14)17(22,16(19)21)11-15(20)13-8-5-6-10-18-13/h3-10,22H,2,11H2,1H3/t17-/m1/s1. The van der Waals surface area contributed by atoms with Gasteiger partial charge in [-0.1, -0.05) is 24.3 Å². The number of para-hydroxylation sites is 1. The van der Waals surface area contributed by atoms with Gasteiger partial charge in [-0.2, -0.15) is 0 Å². The Bertz CT molecular complexity index is 730. The van der Waals surface area contributed by atoms with Crippen LogP contribution in [0, 0.1) is 0 Å². The third kappa shape index (κ3) is 2.10. The summed E-state index contributed by atoms with van der Waals surface area (Å²) in [6.07, 6.45) is 1.20. The van der Waals surface area contributed by atoms with Crippen molar-refractivity contribution in [3.05, 3.63) is 59.9 Å². The summed E-state index contributed by atoms with van der Waals surface area (Å²) in [6, 6.07) is 12.0. The predicted molar refractivity (Wildman–Crippen MR) is 81.6 cm³/mol. The summed E-state index contributed by atoms with van der Waals surface area (Å²) in [7, 11) is 0. The number of anilines is 1. The molecule has 5 nitrogen and oxygen atoms in total. The predicted octanol–water partition coefficient (Wildman–Crippen LogP) is 1.91. The van der Waals surface area contributed by atoms with Crippen LogP contribution in [-0.2, 0) is 10.4 Å². The van der Waals surface area contributed by atoms with Gasteiger partial charge in [-0.15, -0.1) is 0 Å². The van der Waals surface area contributed by atoms with E-state index in [4.69, 9.17) is 0 Å². The Balaban J connectivity index is 1.99. The van der Waals surface area contributed by atoms with Crippen LogP contribution >= 0.6 is 0 Å². The molecule has 112 valence electrons. The molecule has 1 aliphatic heterocycles. The van der Waals surface area contributed by atoms with E-state index in [0.29, 0.717) is 17.8 Å². The van der Waals surface area contributed by atoms with Gasteiger partial charge in [0.05, 0.1) is 12.1 Å². The number of Topliss-reactive ketones (excluding diaryl/α,β-unsaturated/α-hetero) is 1. The van der Waals surface area contributed by atoms with Crippen LogP contribution in [0.15, 0.2) is 48.7 Å². The fraction of sp³-hybridized carbons (Fsp3) is 0.235. The number of aromatic nitrogens is 1. The molecule has 1 aliphatic rings. The lowest BCUT2D eigenvalue weighted by Gasteiger charge is -2.21. The normalized spacial score (nSPS) is 20.1. The van der Waals surface area contributed by atoms with E-state index < -0.39 is 11.5 Å². The van der Waals surface area contributed by atoms with E-state index in [1.165, 1.54) is 11.1 Å². The molecule has 0 unspecified atom stereocenters. The van der Waals surface area contributed by atoms with Gasteiger partial charge in [-0.3, -0.25) is 14.6 Å². The summed E-state index contributed by atoms with van der Waals surface area (Å²) >= 11 is 0. The topological polar surface area (TPSA) is 70.5 Å². The maximum atomic E-state index is 12.6. The summed E-state index contributed by atoms with van der Waals surface area (Å²) in [5.74, 6) is -0.815. The second-order valence-electron chi connectivity index (χ2n) is 5.24. The first-order valence-corrected chi connectivity index (χ1v) is 7.16. The number of fused-ring (bicyclic) bond motifs is 1. The number of rotatable bonds is 4. The molecule has 3 rings (SSSR count). The maximum absolute atomic E-state index is 12.6. The smallest absolute Gasteiger partial charge is 0.264 e. The van der Waals surface area contributed by atoms with E-state index >= 15 is 0 Å². The van der Waals surface area contributed by atoms with E-state index in [1.807, 2.05) is 6.92 Å². The number of pyridine rings is 1. The van der Waals surface area contributed by atoms with Crippen molar-refractivity contribution in [1.82, 2.24) is 4.98 Å². The minimum atomic E-state index is -1.82. The minimum Gasteiger partial charge on any atom is -0.375 e. The summed E-state index contributed by atoms with van der Waals surface area (Å²) < 4.78 is 0. The molecule has 0 radical (unpaired) electrons. The lowest BCUT2D eigenvalue weighted by Crippen LogP contribution is -2.41. The van der Waals surface area contributed by atoms with E-state index in [-0.39, 0.29) is 17.9 Å². The Morgan fingerprint density at radius 1 is 1.23 bits per heavy atom. The first kappa shape index (κ1) is 14.4. The number of likely N-dealkylation sites (N-methyl/N-ethyl adjacent to an activating group) is 1. The largest absolute Gasteiger partial charge is 0.375 e. The summed E-state index contributed by atoms with van der Waals surface area (Å²) in [6.45, 7) is 2.27. The fourth-order valence-electron chi connectivity index (χ4n) is 2.84. The van der Waals surface area contributed by atoms with Crippen molar-refractivity contribution in [3.63, 3.8) is 0 Å². The minimum absolute atomic E-state index is 0.246. The molecule has 22 heavy (non-hydrogen) atoms. The maximum Gasteiger partial charge on any atom is 0.264 e. The summed E-state index contributed by atoms with van der Waals surface area (Å²) in [5, 5.41) is 10.9. The van der Waals surface area contributed by atoms with Gasteiger partial charge in [0.1, 0.15) is 5.69 Å². The summed E-state index contributed by atoms with van der Waals surface area (Å²) in [5.41, 5.74) is -0.435. The van der Waals surface area contributed by atoms with Gasteiger partial charge in [0.2, 0.25) is 0 Å². The van der Waals surface area contributed by atoms with Crippen LogP contribution in [0.5, 0.6) is 0 Å². The van der Waals surface area contributed by atoms with E-state index in [2.05, 4.69) is 4.98 Å². The highest BCUT2D eigenvalue weighted by atomic mass is 16.3. The molecule has 1 N–H and O–H groups in total. The number of hydrogen-bond acceptors (Lipinski definition) is 4. The van der Waals surface area contributed by atoms with Gasteiger partial charge in [0.15, 0.2) is 11.4 Å². The zero-order valence-corrected chi connectivity index (χ0v) is 12.2. The van der Waals surface area contributed by atoms with Crippen LogP contribution in [0.1, 0.15) is 29.4 Å². The molecule has 0 saturated carbocycles. The van der Waals surface area contributed by atoms with Gasteiger partial charge in [0, 0.05) is 18.3 Å². The SMILES string of the molecule is CCN1C(=O)[C@@](O)(CC(=O)c2ccccn2)c2ccccc21. The lowest BCUT2D eigenvalue weighted by atomic mass is 9.89. The molecule has 2 aromatic rings. The zero-order chi connectivity index (χ0) is 15.7. The number of amides is 1.